The van der Waals surface area contributed by atoms with Gasteiger partial charge in [-0.1, -0.05) is 13.8 Å². The topological polar surface area (TPSA) is 96.6 Å². The SMILES string of the molecule is CC(C)CC(CNC(=O)c1ccc(=O)oc1)C(=O)O. The van der Waals surface area contributed by atoms with Crippen LogP contribution < -0.4 is 10.9 Å². The molecule has 1 heterocycles. The van der Waals surface area contributed by atoms with Gasteiger partial charge in [-0.2, -0.15) is 0 Å². The molecule has 0 fully saturated rings. The molecule has 0 spiro atoms. The van der Waals surface area contributed by atoms with Gasteiger partial charge in [0.2, 0.25) is 0 Å². The number of carboxylic acids is 1. The van der Waals surface area contributed by atoms with E-state index >= 15 is 0 Å². The minimum atomic E-state index is -0.936. The highest BCUT2D eigenvalue weighted by atomic mass is 16.4. The van der Waals surface area contributed by atoms with Gasteiger partial charge < -0.3 is 14.8 Å². The maximum absolute atomic E-state index is 11.7. The van der Waals surface area contributed by atoms with E-state index in [0.717, 1.165) is 12.3 Å². The summed E-state index contributed by atoms with van der Waals surface area (Å²) in [6, 6.07) is 2.47. The first kappa shape index (κ1) is 14.9. The molecule has 1 aromatic rings. The Morgan fingerprint density at radius 2 is 2.05 bits per heavy atom. The minimum Gasteiger partial charge on any atom is -0.481 e. The third-order valence-corrected chi connectivity index (χ3v) is 2.58. The maximum atomic E-state index is 11.7. The van der Waals surface area contributed by atoms with Crippen LogP contribution in [0.25, 0.3) is 0 Å². The standard InChI is InChI=1S/C13H17NO5/c1-8(2)5-10(13(17)18)6-14-12(16)9-3-4-11(15)19-7-9/h3-4,7-8,10H,5-6H2,1-2H3,(H,14,16)(H,17,18). The van der Waals surface area contributed by atoms with E-state index in [4.69, 9.17) is 5.11 Å². The van der Waals surface area contributed by atoms with Gasteiger partial charge in [-0.15, -0.1) is 0 Å². The third-order valence-electron chi connectivity index (χ3n) is 2.58. The summed E-state index contributed by atoms with van der Waals surface area (Å²) in [5, 5.41) is 11.6. The zero-order valence-corrected chi connectivity index (χ0v) is 10.9. The predicted molar refractivity (Wildman–Crippen MR) is 67.9 cm³/mol. The van der Waals surface area contributed by atoms with Crippen molar-refractivity contribution in [1.29, 1.82) is 0 Å². The molecule has 1 amide bonds. The van der Waals surface area contributed by atoms with Crippen LogP contribution in [-0.4, -0.2) is 23.5 Å². The number of carboxylic acid groups (broad SMARTS) is 1. The molecule has 6 heteroatoms. The lowest BCUT2D eigenvalue weighted by Gasteiger charge is -2.15. The average molecular weight is 267 g/mol. The Kier molecular flexibility index (Phi) is 5.29. The lowest BCUT2D eigenvalue weighted by atomic mass is 9.97. The summed E-state index contributed by atoms with van der Waals surface area (Å²) in [4.78, 5) is 33.5. The van der Waals surface area contributed by atoms with Gasteiger partial charge in [-0.05, 0) is 18.4 Å². The summed E-state index contributed by atoms with van der Waals surface area (Å²) in [6.45, 7) is 3.89. The van der Waals surface area contributed by atoms with Crippen LogP contribution in [-0.2, 0) is 4.79 Å². The van der Waals surface area contributed by atoms with Gasteiger partial charge in [0.15, 0.2) is 0 Å². The summed E-state index contributed by atoms with van der Waals surface area (Å²) >= 11 is 0. The van der Waals surface area contributed by atoms with Crippen LogP contribution in [0.4, 0.5) is 0 Å². The van der Waals surface area contributed by atoms with Gasteiger partial charge in [0.25, 0.3) is 5.91 Å². The van der Waals surface area contributed by atoms with Crippen LogP contribution in [0.1, 0.15) is 30.6 Å². The van der Waals surface area contributed by atoms with E-state index in [1.54, 1.807) is 0 Å². The first-order chi connectivity index (χ1) is 8.90. The van der Waals surface area contributed by atoms with E-state index in [1.807, 2.05) is 13.8 Å². The number of hydrogen-bond acceptors (Lipinski definition) is 4. The molecule has 1 aromatic heterocycles. The number of aliphatic carboxylic acids is 1. The van der Waals surface area contributed by atoms with Crippen molar-refractivity contribution in [3.8, 4) is 0 Å². The van der Waals surface area contributed by atoms with Gasteiger partial charge >= 0.3 is 11.6 Å². The van der Waals surface area contributed by atoms with Crippen molar-refractivity contribution < 1.29 is 19.1 Å². The Morgan fingerprint density at radius 3 is 2.53 bits per heavy atom. The van der Waals surface area contributed by atoms with E-state index < -0.39 is 23.4 Å². The summed E-state index contributed by atoms with van der Waals surface area (Å²) in [5.74, 6) is -1.79. The number of carbonyl (C=O) groups excluding carboxylic acids is 1. The Bertz CT molecular complexity index is 486. The van der Waals surface area contributed by atoms with Crippen molar-refractivity contribution in [2.75, 3.05) is 6.54 Å². The molecule has 0 bridgehead atoms. The molecule has 0 aromatic carbocycles. The fourth-order valence-electron chi connectivity index (χ4n) is 1.65. The van der Waals surface area contributed by atoms with Crippen molar-refractivity contribution >= 4 is 11.9 Å². The second-order valence-corrected chi connectivity index (χ2v) is 4.72. The molecular weight excluding hydrogens is 250 g/mol. The number of hydrogen-bond donors (Lipinski definition) is 2. The fraction of sp³-hybridized carbons (Fsp3) is 0.462. The zero-order valence-electron chi connectivity index (χ0n) is 10.9. The molecule has 2 N–H and O–H groups in total. The molecular formula is C13H17NO5. The van der Waals surface area contributed by atoms with Gasteiger partial charge in [0, 0.05) is 12.6 Å². The Morgan fingerprint density at radius 1 is 1.37 bits per heavy atom. The molecule has 0 aliphatic carbocycles. The van der Waals surface area contributed by atoms with E-state index in [1.165, 1.54) is 6.07 Å². The molecule has 104 valence electrons. The molecule has 0 aliphatic rings. The van der Waals surface area contributed by atoms with E-state index in [-0.39, 0.29) is 18.0 Å². The molecule has 6 nitrogen and oxygen atoms in total. The Labute approximate surface area is 110 Å². The molecule has 0 aliphatic heterocycles. The summed E-state index contributed by atoms with van der Waals surface area (Å²) in [7, 11) is 0. The fourth-order valence-corrected chi connectivity index (χ4v) is 1.65. The molecule has 0 saturated heterocycles. The van der Waals surface area contributed by atoms with Gasteiger partial charge in [-0.25, -0.2) is 4.79 Å². The number of rotatable bonds is 6. The van der Waals surface area contributed by atoms with Crippen LogP contribution in [0.2, 0.25) is 0 Å². The number of amides is 1. The largest absolute Gasteiger partial charge is 0.481 e. The monoisotopic (exact) mass is 267 g/mol. The highest BCUT2D eigenvalue weighted by Gasteiger charge is 2.20. The molecule has 19 heavy (non-hydrogen) atoms. The Hall–Kier alpha value is -2.11. The first-order valence-electron chi connectivity index (χ1n) is 6.00. The third kappa shape index (κ3) is 4.95. The lowest BCUT2D eigenvalue weighted by Crippen LogP contribution is -2.33. The molecule has 1 unspecified atom stereocenters. The van der Waals surface area contributed by atoms with Crippen LogP contribution in [0.15, 0.2) is 27.6 Å². The van der Waals surface area contributed by atoms with E-state index in [9.17, 15) is 14.4 Å². The van der Waals surface area contributed by atoms with Crippen LogP contribution in [0, 0.1) is 11.8 Å². The van der Waals surface area contributed by atoms with E-state index in [0.29, 0.717) is 6.42 Å². The highest BCUT2D eigenvalue weighted by Crippen LogP contribution is 2.11. The summed E-state index contributed by atoms with van der Waals surface area (Å²) in [6.07, 6.45) is 1.54. The van der Waals surface area contributed by atoms with Crippen LogP contribution in [0.5, 0.6) is 0 Å². The van der Waals surface area contributed by atoms with Gasteiger partial charge in [0.1, 0.15) is 6.26 Å². The predicted octanol–water partition coefficient (Wildman–Crippen LogP) is 1.12. The second-order valence-electron chi connectivity index (χ2n) is 4.72. The maximum Gasteiger partial charge on any atom is 0.335 e. The molecule has 1 atom stereocenters. The van der Waals surface area contributed by atoms with Crippen LogP contribution in [0.3, 0.4) is 0 Å². The lowest BCUT2D eigenvalue weighted by molar-refractivity contribution is -0.142. The first-order valence-corrected chi connectivity index (χ1v) is 6.00. The Balaban J connectivity index is 2.59. The minimum absolute atomic E-state index is 0.0471. The van der Waals surface area contributed by atoms with Crippen molar-refractivity contribution in [2.24, 2.45) is 11.8 Å². The average Bonchev–Trinajstić information content (AvgIpc) is 2.34. The molecule has 0 radical (unpaired) electrons. The van der Waals surface area contributed by atoms with Crippen LogP contribution >= 0.6 is 0 Å². The number of nitrogens with one attached hydrogen (secondary N) is 1. The zero-order chi connectivity index (χ0) is 14.4. The summed E-state index contributed by atoms with van der Waals surface area (Å²) < 4.78 is 4.57. The van der Waals surface area contributed by atoms with Crippen molar-refractivity contribution in [3.63, 3.8) is 0 Å². The van der Waals surface area contributed by atoms with E-state index in [2.05, 4.69) is 9.73 Å². The van der Waals surface area contributed by atoms with Crippen molar-refractivity contribution in [2.45, 2.75) is 20.3 Å². The second kappa shape index (κ2) is 6.72. The van der Waals surface area contributed by atoms with Gasteiger partial charge in [-0.3, -0.25) is 9.59 Å². The normalized spacial score (nSPS) is 12.2. The number of carbonyl (C=O) groups is 2. The molecule has 1 rings (SSSR count). The quantitative estimate of drug-likeness (QED) is 0.805. The van der Waals surface area contributed by atoms with Gasteiger partial charge in [0.05, 0.1) is 11.5 Å². The molecule has 0 saturated carbocycles. The van der Waals surface area contributed by atoms with Crippen molar-refractivity contribution in [1.82, 2.24) is 5.32 Å². The highest BCUT2D eigenvalue weighted by molar-refractivity contribution is 5.93. The van der Waals surface area contributed by atoms with Crippen molar-refractivity contribution in [3.05, 3.63) is 34.4 Å². The summed E-state index contributed by atoms with van der Waals surface area (Å²) in [5.41, 5.74) is -0.354. The smallest absolute Gasteiger partial charge is 0.335 e.